The minimum atomic E-state index is -0.184. The Balaban J connectivity index is 1.51. The Kier molecular flexibility index (Phi) is 5.06. The minimum Gasteiger partial charge on any atom is -0.505 e. The van der Waals surface area contributed by atoms with Gasteiger partial charge in [-0.2, -0.15) is 0 Å². The van der Waals surface area contributed by atoms with Crippen LogP contribution in [0.25, 0.3) is 0 Å². The Morgan fingerprint density at radius 1 is 1.21 bits per heavy atom. The maximum Gasteiger partial charge on any atom is 0.276 e. The quantitative estimate of drug-likeness (QED) is 0.843. The van der Waals surface area contributed by atoms with Gasteiger partial charge in [-0.25, -0.2) is 4.98 Å². The number of nitrogens with zero attached hydrogens (tertiary/aromatic N) is 3. The highest BCUT2D eigenvalue weighted by Crippen LogP contribution is 2.55. The second kappa shape index (κ2) is 7.37. The highest BCUT2D eigenvalue weighted by Gasteiger charge is 2.54. The lowest BCUT2D eigenvalue weighted by Gasteiger charge is -2.62. The molecule has 1 spiro atoms. The first-order valence-corrected chi connectivity index (χ1v) is 10.2. The number of amides is 1. The molecule has 2 fully saturated rings. The number of halogens is 1. The van der Waals surface area contributed by atoms with Crippen LogP contribution in [-0.2, 0) is 0 Å². The molecule has 2 aliphatic heterocycles. The van der Waals surface area contributed by atoms with Crippen molar-refractivity contribution in [1.82, 2.24) is 14.8 Å². The number of aromatic hydroxyl groups is 1. The van der Waals surface area contributed by atoms with E-state index in [1.165, 1.54) is 11.6 Å². The van der Waals surface area contributed by atoms with Gasteiger partial charge in [-0.1, -0.05) is 23.7 Å². The van der Waals surface area contributed by atoms with Gasteiger partial charge in [-0.3, -0.25) is 9.69 Å². The zero-order valence-corrected chi connectivity index (χ0v) is 17.1. The van der Waals surface area contributed by atoms with Gasteiger partial charge in [0.05, 0.1) is 0 Å². The number of aromatic nitrogens is 1. The topological polar surface area (TPSA) is 56.7 Å². The summed E-state index contributed by atoms with van der Waals surface area (Å²) < 4.78 is 0. The highest BCUT2D eigenvalue weighted by molar-refractivity contribution is 6.30. The molecule has 0 radical (unpaired) electrons. The maximum absolute atomic E-state index is 12.8. The molecular weight excluding hydrogens is 374 g/mol. The summed E-state index contributed by atoms with van der Waals surface area (Å²) in [6.07, 6.45) is 3.44. The molecular formula is C22H26ClN3O2. The van der Waals surface area contributed by atoms with Crippen molar-refractivity contribution in [2.24, 2.45) is 5.41 Å². The molecule has 4 rings (SSSR count). The first-order valence-electron chi connectivity index (χ1n) is 9.86. The van der Waals surface area contributed by atoms with Crippen LogP contribution < -0.4 is 0 Å². The summed E-state index contributed by atoms with van der Waals surface area (Å²) in [6, 6.07) is 12.1. The van der Waals surface area contributed by atoms with Crippen molar-refractivity contribution in [2.75, 3.05) is 19.6 Å². The smallest absolute Gasteiger partial charge is 0.276 e. The summed E-state index contributed by atoms with van der Waals surface area (Å²) in [5, 5.41) is 10.7. The average Bonchev–Trinajstić information content (AvgIpc) is 2.68. The van der Waals surface area contributed by atoms with Gasteiger partial charge in [0.25, 0.3) is 5.91 Å². The normalized spacial score (nSPS) is 21.7. The van der Waals surface area contributed by atoms with E-state index in [-0.39, 0.29) is 22.8 Å². The third-order valence-corrected chi connectivity index (χ3v) is 6.55. The first kappa shape index (κ1) is 19.2. The molecule has 1 aromatic carbocycles. The van der Waals surface area contributed by atoms with E-state index < -0.39 is 0 Å². The lowest BCUT2D eigenvalue weighted by atomic mass is 9.62. The molecule has 2 aromatic rings. The second-order valence-corrected chi connectivity index (χ2v) is 8.68. The standard InChI is InChI=1S/C22H26ClN3O2/c1-15(2)26-14-22(20(26)16-5-7-17(23)8-6-16)9-12-25(13-10-22)21(28)19-18(27)4-3-11-24-19/h3-8,11,15,20,27H,9-10,12-14H2,1-2H3. The third kappa shape index (κ3) is 3.27. The molecule has 1 N–H and O–H groups in total. The molecule has 2 aliphatic rings. The molecule has 1 amide bonds. The van der Waals surface area contributed by atoms with Crippen molar-refractivity contribution in [1.29, 1.82) is 0 Å². The highest BCUT2D eigenvalue weighted by atomic mass is 35.5. The van der Waals surface area contributed by atoms with Crippen LogP contribution in [0, 0.1) is 5.41 Å². The molecule has 1 atom stereocenters. The Morgan fingerprint density at radius 2 is 1.89 bits per heavy atom. The van der Waals surface area contributed by atoms with Gasteiger partial charge in [-0.15, -0.1) is 0 Å². The van der Waals surface area contributed by atoms with Crippen LogP contribution in [0.1, 0.15) is 48.8 Å². The summed E-state index contributed by atoms with van der Waals surface area (Å²) in [4.78, 5) is 21.2. The van der Waals surface area contributed by atoms with Crippen molar-refractivity contribution in [2.45, 2.75) is 38.8 Å². The number of hydrogen-bond acceptors (Lipinski definition) is 4. The third-order valence-electron chi connectivity index (χ3n) is 6.29. The van der Waals surface area contributed by atoms with Crippen molar-refractivity contribution in [3.05, 3.63) is 58.9 Å². The maximum atomic E-state index is 12.8. The number of likely N-dealkylation sites (tertiary alicyclic amines) is 2. The van der Waals surface area contributed by atoms with Gasteiger partial charge in [-0.05, 0) is 56.5 Å². The molecule has 0 saturated carbocycles. The number of benzene rings is 1. The number of piperidine rings is 1. The van der Waals surface area contributed by atoms with Crippen molar-refractivity contribution in [3.8, 4) is 5.75 Å². The fourth-order valence-electron chi connectivity index (χ4n) is 4.75. The molecule has 28 heavy (non-hydrogen) atoms. The zero-order chi connectivity index (χ0) is 19.9. The lowest BCUT2D eigenvalue weighted by molar-refractivity contribution is -0.124. The summed E-state index contributed by atoms with van der Waals surface area (Å²) >= 11 is 6.09. The van der Waals surface area contributed by atoms with Gasteiger partial charge in [0.15, 0.2) is 5.69 Å². The number of rotatable bonds is 3. The van der Waals surface area contributed by atoms with Gasteiger partial charge < -0.3 is 10.0 Å². The van der Waals surface area contributed by atoms with Gasteiger partial charge in [0.1, 0.15) is 5.75 Å². The Labute approximate surface area is 170 Å². The van der Waals surface area contributed by atoms with Crippen LogP contribution in [-0.4, -0.2) is 51.5 Å². The van der Waals surface area contributed by atoms with E-state index in [0.29, 0.717) is 25.2 Å². The predicted molar refractivity (Wildman–Crippen MR) is 110 cm³/mol. The van der Waals surface area contributed by atoms with E-state index in [1.54, 1.807) is 12.3 Å². The zero-order valence-electron chi connectivity index (χ0n) is 16.3. The molecule has 1 aromatic heterocycles. The second-order valence-electron chi connectivity index (χ2n) is 8.25. The molecule has 6 heteroatoms. The number of pyridine rings is 1. The van der Waals surface area contributed by atoms with Crippen molar-refractivity contribution < 1.29 is 9.90 Å². The fourth-order valence-corrected chi connectivity index (χ4v) is 4.88. The lowest BCUT2D eigenvalue weighted by Crippen LogP contribution is -2.64. The van der Waals surface area contributed by atoms with Crippen LogP contribution in [0.3, 0.4) is 0 Å². The monoisotopic (exact) mass is 399 g/mol. The molecule has 5 nitrogen and oxygen atoms in total. The van der Waals surface area contributed by atoms with E-state index in [9.17, 15) is 9.90 Å². The molecule has 0 aliphatic carbocycles. The fraction of sp³-hybridized carbons (Fsp3) is 0.455. The van der Waals surface area contributed by atoms with Gasteiger partial charge in [0, 0.05) is 48.4 Å². The molecule has 3 heterocycles. The largest absolute Gasteiger partial charge is 0.505 e. The summed E-state index contributed by atoms with van der Waals surface area (Å²) in [5.41, 5.74) is 1.62. The number of carbonyl (C=O) groups is 1. The van der Waals surface area contributed by atoms with Gasteiger partial charge >= 0.3 is 0 Å². The van der Waals surface area contributed by atoms with Gasteiger partial charge in [0.2, 0.25) is 0 Å². The van der Waals surface area contributed by atoms with Crippen LogP contribution in [0.15, 0.2) is 42.6 Å². The van der Waals surface area contributed by atoms with Crippen LogP contribution in [0.4, 0.5) is 0 Å². The van der Waals surface area contributed by atoms with Crippen molar-refractivity contribution in [3.63, 3.8) is 0 Å². The van der Waals surface area contributed by atoms with Crippen molar-refractivity contribution >= 4 is 17.5 Å². The van der Waals surface area contributed by atoms with E-state index >= 15 is 0 Å². The molecule has 148 valence electrons. The summed E-state index contributed by atoms with van der Waals surface area (Å²) in [7, 11) is 0. The van der Waals surface area contributed by atoms with E-state index in [1.807, 2.05) is 17.0 Å². The molecule has 2 saturated heterocycles. The Bertz CT molecular complexity index is 860. The number of hydrogen-bond donors (Lipinski definition) is 1. The number of carbonyl (C=O) groups excluding carboxylic acids is 1. The van der Waals surface area contributed by atoms with Crippen LogP contribution in [0.5, 0.6) is 5.75 Å². The Hall–Kier alpha value is -2.11. The molecule has 1 unspecified atom stereocenters. The van der Waals surface area contributed by atoms with Crippen LogP contribution in [0.2, 0.25) is 5.02 Å². The first-order chi connectivity index (χ1) is 13.4. The van der Waals surface area contributed by atoms with E-state index in [4.69, 9.17) is 11.6 Å². The Morgan fingerprint density at radius 3 is 2.50 bits per heavy atom. The van der Waals surface area contributed by atoms with E-state index in [2.05, 4.69) is 35.9 Å². The van der Waals surface area contributed by atoms with E-state index in [0.717, 1.165) is 24.4 Å². The summed E-state index contributed by atoms with van der Waals surface area (Å²) in [6.45, 7) is 6.89. The predicted octanol–water partition coefficient (Wildman–Crippen LogP) is 4.13. The minimum absolute atomic E-state index is 0.0542. The SMILES string of the molecule is CC(C)N1CC2(CCN(C(=O)c3ncccc3O)CC2)C1c1ccc(Cl)cc1. The summed E-state index contributed by atoms with van der Waals surface area (Å²) in [5.74, 6) is -0.238. The molecule has 0 bridgehead atoms. The van der Waals surface area contributed by atoms with Crippen LogP contribution >= 0.6 is 11.6 Å². The average molecular weight is 400 g/mol.